The van der Waals surface area contributed by atoms with Crippen molar-refractivity contribution in [2.45, 2.75) is 41.0 Å². The average molecular weight is 303 g/mol. The highest BCUT2D eigenvalue weighted by Gasteiger charge is 2.23. The molecule has 0 aliphatic carbocycles. The van der Waals surface area contributed by atoms with Crippen LogP contribution in [0.25, 0.3) is 0 Å². The lowest BCUT2D eigenvalue weighted by molar-refractivity contribution is -0.117. The lowest BCUT2D eigenvalue weighted by Gasteiger charge is -2.26. The molecule has 106 valence electrons. The normalized spacial score (nSPS) is 13.2. The van der Waals surface area contributed by atoms with Crippen LogP contribution in [0.4, 0.5) is 5.69 Å². The molecular weight excluding hydrogens is 283 g/mol. The highest BCUT2D eigenvalue weighted by atomic mass is 35.5. The van der Waals surface area contributed by atoms with Crippen LogP contribution in [0.2, 0.25) is 10.3 Å². The van der Waals surface area contributed by atoms with Gasteiger partial charge in [0.15, 0.2) is 5.15 Å². The van der Waals surface area contributed by atoms with Gasteiger partial charge in [-0.15, -0.1) is 0 Å². The topological polar surface area (TPSA) is 42.0 Å². The summed E-state index contributed by atoms with van der Waals surface area (Å²) in [5.41, 5.74) is 1.44. The van der Waals surface area contributed by atoms with E-state index in [1.54, 1.807) is 6.07 Å². The van der Waals surface area contributed by atoms with Gasteiger partial charge in [0.05, 0.1) is 5.69 Å². The minimum atomic E-state index is -0.0588. The number of nitrogens with one attached hydrogen (secondary N) is 1. The smallest absolute Gasteiger partial charge is 0.224 e. The predicted octanol–water partition coefficient (Wildman–Crippen LogP) is 4.71. The summed E-state index contributed by atoms with van der Waals surface area (Å²) in [6, 6.07) is 1.68. The number of rotatable bonds is 3. The number of halogens is 2. The van der Waals surface area contributed by atoms with Gasteiger partial charge in [-0.1, -0.05) is 50.9 Å². The zero-order valence-electron chi connectivity index (χ0n) is 12.0. The predicted molar refractivity (Wildman–Crippen MR) is 80.9 cm³/mol. The first kappa shape index (κ1) is 16.3. The Kier molecular flexibility index (Phi) is 5.22. The Balaban J connectivity index is 2.79. The minimum Gasteiger partial charge on any atom is -0.323 e. The Bertz CT molecular complexity index is 458. The van der Waals surface area contributed by atoms with Crippen LogP contribution in [0.15, 0.2) is 6.07 Å². The van der Waals surface area contributed by atoms with Gasteiger partial charge in [0.2, 0.25) is 5.91 Å². The molecule has 1 heterocycles. The van der Waals surface area contributed by atoms with Crippen LogP contribution in [0, 0.1) is 18.3 Å². The number of pyridine rings is 1. The van der Waals surface area contributed by atoms with Gasteiger partial charge in [0, 0.05) is 6.42 Å². The van der Waals surface area contributed by atoms with Crippen molar-refractivity contribution in [3.05, 3.63) is 21.9 Å². The quantitative estimate of drug-likeness (QED) is 0.822. The second kappa shape index (κ2) is 6.10. The molecule has 0 aromatic carbocycles. The summed E-state index contributed by atoms with van der Waals surface area (Å²) in [6.45, 7) is 10.3. The number of carbonyl (C=O) groups excluding carboxylic acids is 1. The first-order chi connectivity index (χ1) is 8.61. The van der Waals surface area contributed by atoms with Crippen LogP contribution in [0.1, 0.15) is 39.7 Å². The van der Waals surface area contributed by atoms with Gasteiger partial charge in [-0.25, -0.2) is 4.98 Å². The maximum Gasteiger partial charge on any atom is 0.224 e. The molecule has 5 heteroatoms. The van der Waals surface area contributed by atoms with Gasteiger partial charge in [0.25, 0.3) is 0 Å². The maximum atomic E-state index is 12.0. The number of carbonyl (C=O) groups is 1. The SMILES string of the molecule is Cc1cc(Cl)nc(Cl)c1NC(=O)CC(C)C(C)(C)C. The molecule has 0 saturated carbocycles. The van der Waals surface area contributed by atoms with Crippen molar-refractivity contribution < 1.29 is 4.79 Å². The van der Waals surface area contributed by atoms with Gasteiger partial charge in [0.1, 0.15) is 5.15 Å². The molecule has 1 atom stereocenters. The van der Waals surface area contributed by atoms with E-state index in [1.807, 2.05) is 6.92 Å². The summed E-state index contributed by atoms with van der Waals surface area (Å²) in [5, 5.41) is 3.36. The molecule has 1 N–H and O–H groups in total. The first-order valence-electron chi connectivity index (χ1n) is 6.23. The zero-order valence-corrected chi connectivity index (χ0v) is 13.5. The molecule has 0 radical (unpaired) electrons. The van der Waals surface area contributed by atoms with Crippen LogP contribution in [0.5, 0.6) is 0 Å². The fraction of sp³-hybridized carbons (Fsp3) is 0.571. The largest absolute Gasteiger partial charge is 0.323 e. The van der Waals surface area contributed by atoms with Gasteiger partial charge >= 0.3 is 0 Å². The Labute approximate surface area is 124 Å². The van der Waals surface area contributed by atoms with E-state index in [0.717, 1.165) is 5.56 Å². The fourth-order valence-corrected chi connectivity index (χ4v) is 2.10. The third-order valence-corrected chi connectivity index (χ3v) is 3.84. The Morgan fingerprint density at radius 3 is 2.47 bits per heavy atom. The van der Waals surface area contributed by atoms with E-state index in [2.05, 4.69) is 38.0 Å². The van der Waals surface area contributed by atoms with Gasteiger partial charge in [-0.3, -0.25) is 4.79 Å². The van der Waals surface area contributed by atoms with Crippen LogP contribution in [-0.4, -0.2) is 10.9 Å². The second-order valence-corrected chi connectivity index (χ2v) is 6.69. The van der Waals surface area contributed by atoms with Crippen LogP contribution < -0.4 is 5.32 Å². The zero-order chi connectivity index (χ0) is 14.8. The van der Waals surface area contributed by atoms with E-state index in [-0.39, 0.29) is 22.4 Å². The van der Waals surface area contributed by atoms with E-state index in [0.29, 0.717) is 17.3 Å². The molecule has 0 aliphatic rings. The van der Waals surface area contributed by atoms with Gasteiger partial charge in [-0.05, 0) is 29.9 Å². The van der Waals surface area contributed by atoms with Crippen molar-refractivity contribution in [3.8, 4) is 0 Å². The van der Waals surface area contributed by atoms with Crippen LogP contribution in [-0.2, 0) is 4.79 Å². The third-order valence-electron chi connectivity index (χ3n) is 3.38. The number of nitrogens with zero attached hydrogens (tertiary/aromatic N) is 1. The molecule has 0 bridgehead atoms. The summed E-state index contributed by atoms with van der Waals surface area (Å²) >= 11 is 11.8. The Hall–Kier alpha value is -0.800. The molecule has 1 amide bonds. The Morgan fingerprint density at radius 1 is 1.42 bits per heavy atom. The van der Waals surface area contributed by atoms with E-state index in [9.17, 15) is 4.79 Å². The summed E-state index contributed by atoms with van der Waals surface area (Å²) in [7, 11) is 0. The van der Waals surface area contributed by atoms with Crippen LogP contribution in [0.3, 0.4) is 0 Å². The highest BCUT2D eigenvalue weighted by Crippen LogP contribution is 2.30. The number of aryl methyl sites for hydroxylation is 1. The summed E-state index contributed by atoms with van der Waals surface area (Å²) < 4.78 is 0. The number of hydrogen-bond donors (Lipinski definition) is 1. The van der Waals surface area contributed by atoms with Gasteiger partial charge in [-0.2, -0.15) is 0 Å². The number of aromatic nitrogens is 1. The lowest BCUT2D eigenvalue weighted by atomic mass is 9.80. The van der Waals surface area contributed by atoms with E-state index < -0.39 is 0 Å². The van der Waals surface area contributed by atoms with Crippen molar-refractivity contribution >= 4 is 34.8 Å². The number of hydrogen-bond acceptors (Lipinski definition) is 2. The third kappa shape index (κ3) is 4.66. The summed E-state index contributed by atoms with van der Waals surface area (Å²) in [4.78, 5) is 16.0. The Morgan fingerprint density at radius 2 is 2.00 bits per heavy atom. The molecule has 1 rings (SSSR count). The molecule has 1 aromatic rings. The maximum absolute atomic E-state index is 12.0. The standard InChI is InChI=1S/C14H20Cl2N2O/c1-8-6-10(15)17-13(16)12(8)18-11(19)7-9(2)14(3,4)5/h6,9H,7H2,1-5H3,(H,18,19). The van der Waals surface area contributed by atoms with Crippen molar-refractivity contribution in [3.63, 3.8) is 0 Å². The van der Waals surface area contributed by atoms with E-state index in [4.69, 9.17) is 23.2 Å². The second-order valence-electron chi connectivity index (χ2n) is 5.95. The monoisotopic (exact) mass is 302 g/mol. The lowest BCUT2D eigenvalue weighted by Crippen LogP contribution is -2.24. The van der Waals surface area contributed by atoms with Crippen molar-refractivity contribution in [1.29, 1.82) is 0 Å². The van der Waals surface area contributed by atoms with Crippen molar-refractivity contribution in [2.24, 2.45) is 11.3 Å². The molecule has 1 unspecified atom stereocenters. The van der Waals surface area contributed by atoms with Crippen LogP contribution >= 0.6 is 23.2 Å². The molecule has 3 nitrogen and oxygen atoms in total. The fourth-order valence-electron chi connectivity index (χ4n) is 1.52. The first-order valence-corrected chi connectivity index (χ1v) is 6.99. The van der Waals surface area contributed by atoms with E-state index >= 15 is 0 Å². The number of amides is 1. The molecule has 0 fully saturated rings. The van der Waals surface area contributed by atoms with Gasteiger partial charge < -0.3 is 5.32 Å². The van der Waals surface area contributed by atoms with E-state index in [1.165, 1.54) is 0 Å². The molecule has 0 saturated heterocycles. The minimum absolute atomic E-state index is 0.0588. The summed E-state index contributed by atoms with van der Waals surface area (Å²) in [6.07, 6.45) is 0.446. The molecule has 0 spiro atoms. The molecule has 0 aliphatic heterocycles. The average Bonchev–Trinajstić information content (AvgIpc) is 2.21. The summed E-state index contributed by atoms with van der Waals surface area (Å²) in [5.74, 6) is 0.211. The molecular formula is C14H20Cl2N2O. The number of anilines is 1. The van der Waals surface area contributed by atoms with Crippen molar-refractivity contribution in [1.82, 2.24) is 4.98 Å². The van der Waals surface area contributed by atoms with Crippen molar-refractivity contribution in [2.75, 3.05) is 5.32 Å². The molecule has 19 heavy (non-hydrogen) atoms. The highest BCUT2D eigenvalue weighted by molar-refractivity contribution is 6.34. The molecule has 1 aromatic heterocycles.